The van der Waals surface area contributed by atoms with E-state index in [0.717, 1.165) is 5.75 Å². The first-order chi connectivity index (χ1) is 8.48. The van der Waals surface area contributed by atoms with Crippen molar-refractivity contribution in [1.82, 2.24) is 0 Å². The summed E-state index contributed by atoms with van der Waals surface area (Å²) in [5.74, 6) is 0.758. The van der Waals surface area contributed by atoms with Gasteiger partial charge in [0.15, 0.2) is 0 Å². The van der Waals surface area contributed by atoms with Gasteiger partial charge < -0.3 is 19.0 Å². The molecule has 5 heteroatoms. The fraction of sp³-hybridized carbons (Fsp3) is 0.538. The van der Waals surface area contributed by atoms with E-state index in [9.17, 15) is 5.11 Å². The van der Waals surface area contributed by atoms with Crippen LogP contribution in [0.2, 0.25) is 13.1 Å². The van der Waals surface area contributed by atoms with Crippen LogP contribution in [-0.2, 0) is 9.16 Å². The Morgan fingerprint density at radius 2 is 2.06 bits per heavy atom. The molecule has 1 fully saturated rings. The Morgan fingerprint density at radius 3 is 2.56 bits per heavy atom. The number of hydrogen-bond acceptors (Lipinski definition) is 4. The maximum Gasteiger partial charge on any atom is 0.218 e. The molecule has 2 atom stereocenters. The van der Waals surface area contributed by atoms with Gasteiger partial charge in [0, 0.05) is 7.11 Å². The maximum atomic E-state index is 10.5. The molecule has 1 N–H and O–H groups in total. The van der Waals surface area contributed by atoms with Crippen molar-refractivity contribution in [3.63, 3.8) is 0 Å². The van der Waals surface area contributed by atoms with Crippen molar-refractivity contribution < 1.29 is 19.0 Å². The van der Waals surface area contributed by atoms with Gasteiger partial charge in [0.05, 0.1) is 6.61 Å². The van der Waals surface area contributed by atoms with E-state index in [1.807, 2.05) is 43.4 Å². The molecule has 0 amide bonds. The summed E-state index contributed by atoms with van der Waals surface area (Å²) in [6.45, 7) is 4.61. The van der Waals surface area contributed by atoms with E-state index in [0.29, 0.717) is 6.61 Å². The summed E-state index contributed by atoms with van der Waals surface area (Å²) >= 11 is 0. The minimum absolute atomic E-state index is 0.237. The Balaban J connectivity index is 1.97. The molecule has 1 saturated heterocycles. The minimum Gasteiger partial charge on any atom is -0.490 e. The van der Waals surface area contributed by atoms with Crippen molar-refractivity contribution in [2.24, 2.45) is 0 Å². The van der Waals surface area contributed by atoms with E-state index in [2.05, 4.69) is 0 Å². The highest BCUT2D eigenvalue weighted by Crippen LogP contribution is 2.33. The first-order valence-corrected chi connectivity index (χ1v) is 9.03. The Labute approximate surface area is 109 Å². The summed E-state index contributed by atoms with van der Waals surface area (Å²) in [4.78, 5) is 0. The SMILES string of the molecule is CO[Si](C)(C)C1OCC1(O)COc1ccccc1. The van der Waals surface area contributed by atoms with E-state index in [1.165, 1.54) is 0 Å². The second kappa shape index (κ2) is 5.01. The third kappa shape index (κ3) is 2.59. The van der Waals surface area contributed by atoms with Crippen LogP contribution in [0.3, 0.4) is 0 Å². The molecule has 0 aromatic heterocycles. The number of hydrogen-bond donors (Lipinski definition) is 1. The molecule has 0 aliphatic carbocycles. The second-order valence-electron chi connectivity index (χ2n) is 5.20. The minimum atomic E-state index is -2.02. The predicted molar refractivity (Wildman–Crippen MR) is 71.1 cm³/mol. The van der Waals surface area contributed by atoms with Crippen molar-refractivity contribution in [2.45, 2.75) is 24.4 Å². The molecule has 0 bridgehead atoms. The molecule has 18 heavy (non-hydrogen) atoms. The smallest absolute Gasteiger partial charge is 0.218 e. The average Bonchev–Trinajstić information content (AvgIpc) is 2.35. The highest BCUT2D eigenvalue weighted by atomic mass is 28.4. The van der Waals surface area contributed by atoms with Crippen molar-refractivity contribution in [1.29, 1.82) is 0 Å². The Bertz CT molecular complexity index is 395. The fourth-order valence-corrected chi connectivity index (χ4v) is 4.32. The van der Waals surface area contributed by atoms with Crippen LogP contribution in [-0.4, -0.2) is 45.1 Å². The molecule has 1 aliphatic rings. The zero-order valence-corrected chi connectivity index (χ0v) is 12.1. The Morgan fingerprint density at radius 1 is 1.39 bits per heavy atom. The third-order valence-electron chi connectivity index (χ3n) is 3.38. The predicted octanol–water partition coefficient (Wildman–Crippen LogP) is 1.59. The van der Waals surface area contributed by atoms with E-state index < -0.39 is 13.9 Å². The lowest BCUT2D eigenvalue weighted by Crippen LogP contribution is -2.71. The van der Waals surface area contributed by atoms with Gasteiger partial charge >= 0.3 is 0 Å². The third-order valence-corrected chi connectivity index (χ3v) is 6.40. The van der Waals surface area contributed by atoms with E-state index >= 15 is 0 Å². The lowest BCUT2D eigenvalue weighted by Gasteiger charge is -2.49. The van der Waals surface area contributed by atoms with Gasteiger partial charge in [-0.25, -0.2) is 0 Å². The zero-order valence-electron chi connectivity index (χ0n) is 11.1. The molecule has 1 heterocycles. The highest BCUT2D eigenvalue weighted by molar-refractivity contribution is 6.73. The highest BCUT2D eigenvalue weighted by Gasteiger charge is 2.56. The van der Waals surface area contributed by atoms with Gasteiger partial charge in [-0.3, -0.25) is 0 Å². The normalized spacial score (nSPS) is 27.7. The maximum absolute atomic E-state index is 10.5. The number of benzene rings is 1. The summed E-state index contributed by atoms with van der Waals surface area (Å²) in [5, 5.41) is 10.5. The largest absolute Gasteiger partial charge is 0.490 e. The molecule has 2 unspecified atom stereocenters. The topological polar surface area (TPSA) is 47.9 Å². The van der Waals surface area contributed by atoms with Crippen molar-refractivity contribution >= 4 is 8.32 Å². The van der Waals surface area contributed by atoms with Crippen LogP contribution in [0, 0.1) is 0 Å². The molecule has 0 saturated carbocycles. The Kier molecular flexibility index (Phi) is 3.77. The van der Waals surface area contributed by atoms with Crippen molar-refractivity contribution in [3.8, 4) is 5.75 Å². The van der Waals surface area contributed by atoms with Crippen LogP contribution in [0.5, 0.6) is 5.75 Å². The standard InChI is InChI=1S/C13H20O4Si/c1-15-18(2,3)12-13(14,10-17-12)9-16-11-7-5-4-6-8-11/h4-8,12,14H,9-10H2,1-3H3. The van der Waals surface area contributed by atoms with Crippen LogP contribution >= 0.6 is 0 Å². The second-order valence-corrected chi connectivity index (χ2v) is 9.34. The summed E-state index contributed by atoms with van der Waals surface area (Å²) < 4.78 is 16.6. The van der Waals surface area contributed by atoms with Crippen molar-refractivity contribution in [2.75, 3.05) is 20.3 Å². The molecule has 4 nitrogen and oxygen atoms in total. The van der Waals surface area contributed by atoms with E-state index in [-0.39, 0.29) is 12.3 Å². The number of aliphatic hydroxyl groups is 1. The lowest BCUT2D eigenvalue weighted by atomic mass is 10.0. The molecule has 1 aromatic rings. The van der Waals surface area contributed by atoms with Crippen LogP contribution in [0.4, 0.5) is 0 Å². The lowest BCUT2D eigenvalue weighted by molar-refractivity contribution is -0.222. The molecule has 1 aliphatic heterocycles. The molecule has 2 rings (SSSR count). The Hall–Kier alpha value is -0.883. The van der Waals surface area contributed by atoms with Gasteiger partial charge in [0.25, 0.3) is 0 Å². The molecular weight excluding hydrogens is 248 g/mol. The fourth-order valence-electron chi connectivity index (χ4n) is 2.16. The summed E-state index contributed by atoms with van der Waals surface area (Å²) in [7, 11) is -0.347. The van der Waals surface area contributed by atoms with Gasteiger partial charge in [0.1, 0.15) is 23.7 Å². The van der Waals surface area contributed by atoms with Crippen LogP contribution in [0.15, 0.2) is 30.3 Å². The number of ether oxygens (including phenoxy) is 2. The number of para-hydroxylation sites is 1. The quantitative estimate of drug-likeness (QED) is 0.824. The summed E-state index contributed by atoms with van der Waals surface area (Å²) in [6, 6.07) is 9.48. The molecule has 1 aromatic carbocycles. The molecular formula is C13H20O4Si. The monoisotopic (exact) mass is 268 g/mol. The van der Waals surface area contributed by atoms with E-state index in [4.69, 9.17) is 13.9 Å². The zero-order chi connectivity index (χ0) is 13.2. The molecule has 100 valence electrons. The average molecular weight is 268 g/mol. The van der Waals surface area contributed by atoms with Gasteiger partial charge in [-0.1, -0.05) is 18.2 Å². The van der Waals surface area contributed by atoms with Gasteiger partial charge in [-0.05, 0) is 25.2 Å². The first kappa shape index (κ1) is 13.5. The summed E-state index contributed by atoms with van der Waals surface area (Å²) in [6.07, 6.45) is 0. The van der Waals surface area contributed by atoms with E-state index in [1.54, 1.807) is 7.11 Å². The van der Waals surface area contributed by atoms with Gasteiger partial charge in [0.2, 0.25) is 8.32 Å². The first-order valence-electron chi connectivity index (χ1n) is 6.05. The van der Waals surface area contributed by atoms with Gasteiger partial charge in [-0.2, -0.15) is 0 Å². The van der Waals surface area contributed by atoms with Crippen LogP contribution < -0.4 is 4.74 Å². The summed E-state index contributed by atoms with van der Waals surface area (Å²) in [5.41, 5.74) is -1.17. The molecule has 0 radical (unpaired) electrons. The number of rotatable bonds is 5. The molecule has 0 spiro atoms. The van der Waals surface area contributed by atoms with Crippen molar-refractivity contribution in [3.05, 3.63) is 30.3 Å². The van der Waals surface area contributed by atoms with Crippen LogP contribution in [0.25, 0.3) is 0 Å². The van der Waals surface area contributed by atoms with Crippen LogP contribution in [0.1, 0.15) is 0 Å². The van der Waals surface area contributed by atoms with Gasteiger partial charge in [-0.15, -0.1) is 0 Å².